The Morgan fingerprint density at radius 1 is 1.27 bits per heavy atom. The standard InChI is InChI=1S/C18H16F2N2O3S/c1-10-14(17(23)25-2)16(15-12(19)6-3-7-13(15)20)21-18(24)22(10)9-11-5-4-8-26-11/h3-8,16H,9H2,1-2H3,(H,21,24). The van der Waals surface area contributed by atoms with Crippen LogP contribution in [0.5, 0.6) is 0 Å². The maximum absolute atomic E-state index is 14.3. The molecule has 1 unspecified atom stereocenters. The van der Waals surface area contributed by atoms with Crippen LogP contribution in [0.3, 0.4) is 0 Å². The number of amides is 2. The lowest BCUT2D eigenvalue weighted by atomic mass is 9.94. The monoisotopic (exact) mass is 378 g/mol. The summed E-state index contributed by atoms with van der Waals surface area (Å²) < 4.78 is 33.3. The number of nitrogens with zero attached hydrogens (tertiary/aromatic N) is 1. The number of carbonyl (C=O) groups is 2. The highest BCUT2D eigenvalue weighted by atomic mass is 32.1. The van der Waals surface area contributed by atoms with Crippen LogP contribution >= 0.6 is 11.3 Å². The van der Waals surface area contributed by atoms with Gasteiger partial charge >= 0.3 is 12.0 Å². The second-order valence-electron chi connectivity index (χ2n) is 5.67. The summed E-state index contributed by atoms with van der Waals surface area (Å²) >= 11 is 1.46. The van der Waals surface area contributed by atoms with E-state index in [4.69, 9.17) is 4.74 Å². The quantitative estimate of drug-likeness (QED) is 0.825. The third-order valence-electron chi connectivity index (χ3n) is 4.18. The van der Waals surface area contributed by atoms with Gasteiger partial charge in [-0.2, -0.15) is 0 Å². The van der Waals surface area contributed by atoms with Crippen molar-refractivity contribution in [3.8, 4) is 0 Å². The molecule has 136 valence electrons. The maximum atomic E-state index is 14.3. The van der Waals surface area contributed by atoms with E-state index in [-0.39, 0.29) is 12.1 Å². The number of nitrogens with one attached hydrogen (secondary N) is 1. The Morgan fingerprint density at radius 3 is 2.54 bits per heavy atom. The van der Waals surface area contributed by atoms with Crippen LogP contribution < -0.4 is 5.32 Å². The van der Waals surface area contributed by atoms with Crippen LogP contribution in [0.15, 0.2) is 47.0 Å². The Labute approximate surface area is 152 Å². The first-order chi connectivity index (χ1) is 12.4. The molecule has 1 aromatic carbocycles. The smallest absolute Gasteiger partial charge is 0.337 e. The van der Waals surface area contributed by atoms with Crippen molar-refractivity contribution in [2.75, 3.05) is 7.11 Å². The van der Waals surface area contributed by atoms with E-state index in [1.807, 2.05) is 17.5 Å². The van der Waals surface area contributed by atoms with Gasteiger partial charge in [0, 0.05) is 10.6 Å². The molecule has 26 heavy (non-hydrogen) atoms. The van der Waals surface area contributed by atoms with Crippen LogP contribution in [-0.4, -0.2) is 24.0 Å². The molecule has 0 saturated heterocycles. The molecule has 0 spiro atoms. The van der Waals surface area contributed by atoms with E-state index < -0.39 is 35.2 Å². The summed E-state index contributed by atoms with van der Waals surface area (Å²) in [6.07, 6.45) is 0. The number of benzene rings is 1. The molecule has 1 aliphatic heterocycles. The van der Waals surface area contributed by atoms with Gasteiger partial charge in [-0.15, -0.1) is 11.3 Å². The second-order valence-corrected chi connectivity index (χ2v) is 6.71. The third-order valence-corrected chi connectivity index (χ3v) is 5.05. The number of thiophene rings is 1. The second kappa shape index (κ2) is 7.25. The molecular weight excluding hydrogens is 362 g/mol. The molecular formula is C18H16F2N2O3S. The van der Waals surface area contributed by atoms with E-state index >= 15 is 0 Å². The predicted octanol–water partition coefficient (Wildman–Crippen LogP) is 3.74. The molecule has 2 heterocycles. The van der Waals surface area contributed by atoms with Gasteiger partial charge in [0.1, 0.15) is 11.6 Å². The summed E-state index contributed by atoms with van der Waals surface area (Å²) in [5.41, 5.74) is -0.106. The summed E-state index contributed by atoms with van der Waals surface area (Å²) in [6.45, 7) is 1.80. The number of ether oxygens (including phenoxy) is 1. The molecule has 2 amide bonds. The van der Waals surface area contributed by atoms with E-state index in [0.717, 1.165) is 17.0 Å². The van der Waals surface area contributed by atoms with Crippen LogP contribution in [0.25, 0.3) is 0 Å². The number of esters is 1. The van der Waals surface area contributed by atoms with Crippen molar-refractivity contribution in [2.45, 2.75) is 19.5 Å². The number of urea groups is 1. The molecule has 2 aromatic rings. The maximum Gasteiger partial charge on any atom is 0.337 e. The van der Waals surface area contributed by atoms with E-state index in [2.05, 4.69) is 5.32 Å². The molecule has 0 bridgehead atoms. The predicted molar refractivity (Wildman–Crippen MR) is 92.2 cm³/mol. The first-order valence-corrected chi connectivity index (χ1v) is 8.65. The highest BCUT2D eigenvalue weighted by Gasteiger charge is 2.38. The lowest BCUT2D eigenvalue weighted by Crippen LogP contribution is -2.48. The van der Waals surface area contributed by atoms with Crippen molar-refractivity contribution in [2.24, 2.45) is 0 Å². The van der Waals surface area contributed by atoms with Crippen molar-refractivity contribution in [1.29, 1.82) is 0 Å². The van der Waals surface area contributed by atoms with E-state index in [0.29, 0.717) is 5.70 Å². The minimum absolute atomic E-state index is 0.00680. The van der Waals surface area contributed by atoms with Gasteiger partial charge < -0.3 is 10.1 Å². The number of hydrogen-bond donors (Lipinski definition) is 1. The van der Waals surface area contributed by atoms with Gasteiger partial charge in [0.25, 0.3) is 0 Å². The number of methoxy groups -OCH3 is 1. The molecule has 0 aliphatic carbocycles. The van der Waals surface area contributed by atoms with Gasteiger partial charge in [0.15, 0.2) is 0 Å². The molecule has 5 nitrogen and oxygen atoms in total. The summed E-state index contributed by atoms with van der Waals surface area (Å²) in [6, 6.07) is 5.26. The largest absolute Gasteiger partial charge is 0.466 e. The first-order valence-electron chi connectivity index (χ1n) is 7.77. The summed E-state index contributed by atoms with van der Waals surface area (Å²) in [5, 5.41) is 4.40. The highest BCUT2D eigenvalue weighted by molar-refractivity contribution is 7.09. The fourth-order valence-corrected chi connectivity index (χ4v) is 3.60. The molecule has 1 N–H and O–H groups in total. The molecule has 1 aliphatic rings. The number of halogens is 2. The molecule has 0 saturated carbocycles. The van der Waals surface area contributed by atoms with Crippen molar-refractivity contribution in [1.82, 2.24) is 10.2 Å². The first kappa shape index (κ1) is 18.1. The minimum atomic E-state index is -1.27. The fourth-order valence-electron chi connectivity index (χ4n) is 2.91. The van der Waals surface area contributed by atoms with Crippen molar-refractivity contribution in [3.05, 3.63) is 69.1 Å². The van der Waals surface area contributed by atoms with Crippen molar-refractivity contribution in [3.63, 3.8) is 0 Å². The van der Waals surface area contributed by atoms with Crippen molar-refractivity contribution >= 4 is 23.3 Å². The average molecular weight is 378 g/mol. The Hall–Kier alpha value is -2.74. The van der Waals surface area contributed by atoms with Gasteiger partial charge in [0.2, 0.25) is 0 Å². The Kier molecular flexibility index (Phi) is 5.03. The molecule has 1 aromatic heterocycles. The Balaban J connectivity index is 2.10. The summed E-state index contributed by atoms with van der Waals surface area (Å²) in [5.74, 6) is -2.46. The number of carbonyl (C=O) groups excluding carboxylic acids is 2. The number of hydrogen-bond acceptors (Lipinski definition) is 4. The third kappa shape index (κ3) is 3.20. The average Bonchev–Trinajstić information content (AvgIpc) is 3.11. The zero-order valence-electron chi connectivity index (χ0n) is 14.1. The highest BCUT2D eigenvalue weighted by Crippen LogP contribution is 2.34. The molecule has 0 fully saturated rings. The Morgan fingerprint density at radius 2 is 1.96 bits per heavy atom. The molecule has 1 atom stereocenters. The van der Waals surface area contributed by atoms with Gasteiger partial charge in [-0.3, -0.25) is 4.90 Å². The topological polar surface area (TPSA) is 58.6 Å². The lowest BCUT2D eigenvalue weighted by molar-refractivity contribution is -0.136. The summed E-state index contributed by atoms with van der Waals surface area (Å²) in [7, 11) is 1.18. The zero-order valence-corrected chi connectivity index (χ0v) is 14.9. The zero-order chi connectivity index (χ0) is 18.8. The normalized spacial score (nSPS) is 17.3. The molecule has 0 radical (unpaired) electrons. The van der Waals surface area contributed by atoms with Gasteiger partial charge in [-0.25, -0.2) is 18.4 Å². The molecule has 8 heteroatoms. The van der Waals surface area contributed by atoms with Gasteiger partial charge in [-0.05, 0) is 30.5 Å². The molecule has 3 rings (SSSR count). The Bertz CT molecular complexity index is 860. The van der Waals surface area contributed by atoms with Gasteiger partial charge in [0.05, 0.1) is 30.8 Å². The minimum Gasteiger partial charge on any atom is -0.466 e. The van der Waals surface area contributed by atoms with Crippen LogP contribution in [0, 0.1) is 11.6 Å². The van der Waals surface area contributed by atoms with E-state index in [1.165, 1.54) is 29.4 Å². The fraction of sp³-hybridized carbons (Fsp3) is 0.222. The van der Waals surface area contributed by atoms with Crippen LogP contribution in [-0.2, 0) is 16.1 Å². The van der Waals surface area contributed by atoms with Gasteiger partial charge in [-0.1, -0.05) is 12.1 Å². The number of allylic oxidation sites excluding steroid dienone is 1. The summed E-state index contributed by atoms with van der Waals surface area (Å²) in [4.78, 5) is 27.2. The van der Waals surface area contributed by atoms with E-state index in [9.17, 15) is 18.4 Å². The van der Waals surface area contributed by atoms with Crippen molar-refractivity contribution < 1.29 is 23.1 Å². The van der Waals surface area contributed by atoms with Crippen LogP contribution in [0.1, 0.15) is 23.4 Å². The number of rotatable bonds is 4. The van der Waals surface area contributed by atoms with E-state index in [1.54, 1.807) is 6.92 Å². The SMILES string of the molecule is COC(=O)C1=C(C)N(Cc2cccs2)C(=O)NC1c1c(F)cccc1F. The van der Waals surface area contributed by atoms with Crippen LogP contribution in [0.4, 0.5) is 13.6 Å². The lowest BCUT2D eigenvalue weighted by Gasteiger charge is -2.35. The van der Waals surface area contributed by atoms with Crippen LogP contribution in [0.2, 0.25) is 0 Å².